The van der Waals surface area contributed by atoms with Crippen LogP contribution in [0.3, 0.4) is 0 Å². The fourth-order valence-corrected chi connectivity index (χ4v) is 2.03. The van der Waals surface area contributed by atoms with E-state index in [1.165, 1.54) is 0 Å². The van der Waals surface area contributed by atoms with E-state index in [4.69, 9.17) is 5.11 Å². The zero-order valence-corrected chi connectivity index (χ0v) is 7.21. The molecule has 2 nitrogen and oxygen atoms in total. The van der Waals surface area contributed by atoms with E-state index >= 15 is 0 Å². The van der Waals surface area contributed by atoms with Crippen LogP contribution in [0.1, 0.15) is 33.1 Å². The summed E-state index contributed by atoms with van der Waals surface area (Å²) in [6, 6.07) is 0. The van der Waals surface area contributed by atoms with Crippen molar-refractivity contribution in [1.82, 2.24) is 0 Å². The first kappa shape index (κ1) is 12.1. The van der Waals surface area contributed by atoms with Gasteiger partial charge in [0.1, 0.15) is 0 Å². The number of rotatable bonds is 1. The van der Waals surface area contributed by atoms with Crippen molar-refractivity contribution in [3.8, 4) is 0 Å². The Morgan fingerprint density at radius 3 is 2.33 bits per heavy atom. The zero-order valence-electron chi connectivity index (χ0n) is 7.21. The van der Waals surface area contributed by atoms with E-state index < -0.39 is 5.97 Å². The zero-order chi connectivity index (χ0) is 8.43. The van der Waals surface area contributed by atoms with Crippen molar-refractivity contribution in [3.05, 3.63) is 0 Å². The van der Waals surface area contributed by atoms with Gasteiger partial charge in [0.2, 0.25) is 0 Å². The second-order valence-electron chi connectivity index (χ2n) is 3.84. The summed E-state index contributed by atoms with van der Waals surface area (Å²) in [5, 5.41) is 8.79. The van der Waals surface area contributed by atoms with Gasteiger partial charge in [-0.15, -0.1) is 0 Å². The molecule has 0 saturated heterocycles. The summed E-state index contributed by atoms with van der Waals surface area (Å²) in [7, 11) is 0. The fourth-order valence-electron chi connectivity index (χ4n) is 2.03. The third-order valence-corrected chi connectivity index (χ3v) is 2.75. The molecule has 0 aromatic carbocycles. The first-order valence-electron chi connectivity index (χ1n) is 4.34. The summed E-state index contributed by atoms with van der Waals surface area (Å²) in [4.78, 5) is 10.7. The third-order valence-electron chi connectivity index (χ3n) is 2.75. The Morgan fingerprint density at radius 2 is 1.92 bits per heavy atom. The minimum atomic E-state index is -0.607. The number of aliphatic carboxylic acids is 1. The Balaban J connectivity index is 0.00000121. The maximum absolute atomic E-state index is 10.7. The number of hydrogen-bond donors (Lipinski definition) is 1. The number of hydrogen-bond acceptors (Lipinski definition) is 1. The van der Waals surface area contributed by atoms with Crippen molar-refractivity contribution in [3.63, 3.8) is 0 Å². The average molecular weight is 229 g/mol. The molecule has 3 atom stereocenters. The van der Waals surface area contributed by atoms with Crippen molar-refractivity contribution in [1.29, 1.82) is 0 Å². The van der Waals surface area contributed by atoms with Gasteiger partial charge < -0.3 is 5.11 Å². The Labute approximate surface area is 86.8 Å². The third kappa shape index (κ3) is 2.86. The van der Waals surface area contributed by atoms with Crippen molar-refractivity contribution in [2.75, 3.05) is 0 Å². The fraction of sp³-hybridized carbons (Fsp3) is 0.889. The molecule has 3 unspecified atom stereocenters. The second-order valence-corrected chi connectivity index (χ2v) is 3.84. The van der Waals surface area contributed by atoms with Crippen LogP contribution >= 0.6 is 0 Å². The Bertz CT molecular complexity index is 159. The predicted molar refractivity (Wildman–Crippen MR) is 53.2 cm³/mol. The Kier molecular flexibility index (Phi) is 5.02. The molecular weight excluding hydrogens is 210 g/mol. The van der Waals surface area contributed by atoms with E-state index in [2.05, 4.69) is 13.8 Å². The van der Waals surface area contributed by atoms with Crippen LogP contribution < -0.4 is 0 Å². The molecule has 3 heteroatoms. The molecule has 70 valence electrons. The standard InChI is InChI=1S/C9H16O2.Ga.3H/c1-6-3-4-8(9(10)11)7(2)5-6;;;;/h6-8H,3-5H2,1-2H3,(H,10,11);;;;. The molecule has 0 amide bonds. The average Bonchev–Trinajstić information content (AvgIpc) is 1.85. The number of carboxylic acids is 1. The first-order chi connectivity index (χ1) is 5.11. The predicted octanol–water partition coefficient (Wildman–Crippen LogP) is 0.959. The van der Waals surface area contributed by atoms with Crippen LogP contribution in [-0.2, 0) is 4.79 Å². The van der Waals surface area contributed by atoms with Gasteiger partial charge in [0.15, 0.2) is 0 Å². The monoisotopic (exact) mass is 228 g/mol. The molecule has 1 fully saturated rings. The van der Waals surface area contributed by atoms with Crippen LogP contribution in [0.15, 0.2) is 0 Å². The van der Waals surface area contributed by atoms with E-state index in [0.717, 1.165) is 25.2 Å². The summed E-state index contributed by atoms with van der Waals surface area (Å²) < 4.78 is 0. The van der Waals surface area contributed by atoms with Gasteiger partial charge in [0.25, 0.3) is 0 Å². The van der Waals surface area contributed by atoms with E-state index in [-0.39, 0.29) is 25.7 Å². The van der Waals surface area contributed by atoms with Gasteiger partial charge in [0.05, 0.1) is 5.92 Å². The minimum absolute atomic E-state index is 0. The van der Waals surface area contributed by atoms with E-state index in [9.17, 15) is 4.79 Å². The Hall–Kier alpha value is 0.106. The molecule has 0 aromatic heterocycles. The van der Waals surface area contributed by atoms with Gasteiger partial charge in [-0.3, -0.25) is 4.79 Å². The number of carboxylic acid groups (broad SMARTS) is 1. The SMILES string of the molecule is CC1CCC(C(=O)O)C(C)C1.[GaH3]. The molecule has 0 aromatic rings. The summed E-state index contributed by atoms with van der Waals surface area (Å²) in [5.74, 6) is 0.410. The van der Waals surface area contributed by atoms with Crippen LogP contribution in [0.25, 0.3) is 0 Å². The molecule has 1 rings (SSSR count). The number of carbonyl (C=O) groups is 1. The molecule has 0 radical (unpaired) electrons. The van der Waals surface area contributed by atoms with Crippen LogP contribution in [-0.4, -0.2) is 30.9 Å². The normalized spacial score (nSPS) is 35.3. The van der Waals surface area contributed by atoms with Gasteiger partial charge in [-0.05, 0) is 31.1 Å². The summed E-state index contributed by atoms with van der Waals surface area (Å²) in [6.45, 7) is 4.25. The van der Waals surface area contributed by atoms with E-state index in [1.54, 1.807) is 0 Å². The molecule has 1 saturated carbocycles. The molecule has 0 bridgehead atoms. The topological polar surface area (TPSA) is 37.3 Å². The maximum atomic E-state index is 10.7. The van der Waals surface area contributed by atoms with Gasteiger partial charge in [0, 0.05) is 0 Å². The molecule has 1 N–H and O–H groups in total. The van der Waals surface area contributed by atoms with Crippen molar-refractivity contribution < 1.29 is 9.90 Å². The molecular formula is C9H19GaO2. The molecule has 1 aliphatic rings. The van der Waals surface area contributed by atoms with Crippen molar-refractivity contribution in [2.45, 2.75) is 33.1 Å². The molecule has 0 heterocycles. The summed E-state index contributed by atoms with van der Waals surface area (Å²) in [5.41, 5.74) is 0. The van der Waals surface area contributed by atoms with Crippen LogP contribution in [0.5, 0.6) is 0 Å². The van der Waals surface area contributed by atoms with Gasteiger partial charge in [-0.1, -0.05) is 13.8 Å². The van der Waals surface area contributed by atoms with Gasteiger partial charge >= 0.3 is 25.8 Å². The first-order valence-corrected chi connectivity index (χ1v) is 4.34. The van der Waals surface area contributed by atoms with Crippen LogP contribution in [0, 0.1) is 17.8 Å². The second kappa shape index (κ2) is 4.97. The molecule has 0 spiro atoms. The van der Waals surface area contributed by atoms with Gasteiger partial charge in [-0.25, -0.2) is 0 Å². The van der Waals surface area contributed by atoms with E-state index in [0.29, 0.717) is 5.92 Å². The molecule has 1 aliphatic carbocycles. The quantitative estimate of drug-likeness (QED) is 0.680. The summed E-state index contributed by atoms with van der Waals surface area (Å²) in [6.07, 6.45) is 3.04. The van der Waals surface area contributed by atoms with Gasteiger partial charge in [-0.2, -0.15) is 0 Å². The van der Waals surface area contributed by atoms with Crippen molar-refractivity contribution >= 4 is 25.8 Å². The van der Waals surface area contributed by atoms with Crippen LogP contribution in [0.4, 0.5) is 0 Å². The molecule has 12 heavy (non-hydrogen) atoms. The van der Waals surface area contributed by atoms with E-state index in [1.807, 2.05) is 0 Å². The van der Waals surface area contributed by atoms with Crippen LogP contribution in [0.2, 0.25) is 0 Å². The summed E-state index contributed by atoms with van der Waals surface area (Å²) >= 11 is 0. The molecule has 0 aliphatic heterocycles. The Morgan fingerprint density at radius 1 is 1.33 bits per heavy atom. The van der Waals surface area contributed by atoms with Crippen molar-refractivity contribution in [2.24, 2.45) is 17.8 Å².